The average Bonchev–Trinajstić information content (AvgIpc) is 3.32. The summed E-state index contributed by atoms with van der Waals surface area (Å²) < 4.78 is 8.97. The predicted molar refractivity (Wildman–Crippen MR) is 143 cm³/mol. The largest absolute Gasteiger partial charge is 0.405 e. The highest BCUT2D eigenvalue weighted by Gasteiger charge is 2.50. The average molecular weight is 489 g/mol. The van der Waals surface area contributed by atoms with Crippen LogP contribution in [-0.4, -0.2) is 40.4 Å². The van der Waals surface area contributed by atoms with Crippen LogP contribution in [0.4, 0.5) is 0 Å². The molecule has 3 aromatic carbocycles. The van der Waals surface area contributed by atoms with E-state index in [1.807, 2.05) is 30.3 Å². The molecule has 1 heterocycles. The molecule has 5 nitrogen and oxygen atoms in total. The highest BCUT2D eigenvalue weighted by molar-refractivity contribution is 7.99. The number of thioether (sulfide) groups is 1. The maximum Gasteiger partial charge on any atom is 0.261 e. The van der Waals surface area contributed by atoms with Gasteiger partial charge in [0.05, 0.1) is 5.69 Å². The highest BCUT2D eigenvalue weighted by atomic mass is 32.2. The van der Waals surface area contributed by atoms with Crippen LogP contribution in [-0.2, 0) is 4.43 Å². The van der Waals surface area contributed by atoms with E-state index < -0.39 is 8.32 Å². The Morgan fingerprint density at radius 1 is 0.853 bits per heavy atom. The molecule has 0 aliphatic rings. The van der Waals surface area contributed by atoms with Crippen LogP contribution in [0.3, 0.4) is 0 Å². The molecular weight excluding hydrogens is 456 g/mol. The summed E-state index contributed by atoms with van der Waals surface area (Å²) in [6, 6.07) is 31.6. The van der Waals surface area contributed by atoms with Crippen LogP contribution < -0.4 is 10.4 Å². The summed E-state index contributed by atoms with van der Waals surface area (Å²) in [5.74, 6) is 0.868. The molecule has 0 radical (unpaired) electrons. The second kappa shape index (κ2) is 10.7. The molecule has 1 atom stereocenters. The molecule has 7 heteroatoms. The molecule has 0 bridgehead atoms. The normalized spacial score (nSPS) is 13.1. The summed E-state index contributed by atoms with van der Waals surface area (Å²) >= 11 is 1.66. The van der Waals surface area contributed by atoms with Crippen molar-refractivity contribution in [3.63, 3.8) is 0 Å². The molecule has 0 saturated carbocycles. The van der Waals surface area contributed by atoms with Gasteiger partial charge in [0.1, 0.15) is 0 Å². The third kappa shape index (κ3) is 5.16. The summed E-state index contributed by atoms with van der Waals surface area (Å²) in [4.78, 5) is 0. The van der Waals surface area contributed by atoms with Gasteiger partial charge in [-0.1, -0.05) is 111 Å². The Balaban J connectivity index is 1.54. The van der Waals surface area contributed by atoms with Gasteiger partial charge in [0, 0.05) is 11.9 Å². The van der Waals surface area contributed by atoms with Gasteiger partial charge in [-0.2, -0.15) is 4.68 Å². The lowest BCUT2D eigenvalue weighted by atomic mass is 10.2. The van der Waals surface area contributed by atoms with E-state index in [0.717, 1.165) is 23.0 Å². The number of para-hydroxylation sites is 1. The van der Waals surface area contributed by atoms with E-state index in [1.165, 1.54) is 10.4 Å². The molecule has 0 saturated heterocycles. The van der Waals surface area contributed by atoms with Crippen LogP contribution in [0.5, 0.6) is 0 Å². The van der Waals surface area contributed by atoms with E-state index in [0.29, 0.717) is 0 Å². The monoisotopic (exact) mass is 488 g/mol. The van der Waals surface area contributed by atoms with Gasteiger partial charge in [0.25, 0.3) is 8.32 Å². The Morgan fingerprint density at radius 2 is 1.38 bits per heavy atom. The van der Waals surface area contributed by atoms with Gasteiger partial charge in [-0.15, -0.1) is 5.10 Å². The molecule has 176 valence electrons. The Labute approximate surface area is 207 Å². The van der Waals surface area contributed by atoms with E-state index in [4.69, 9.17) is 4.43 Å². The van der Waals surface area contributed by atoms with Gasteiger partial charge < -0.3 is 4.43 Å². The topological polar surface area (TPSA) is 52.8 Å². The first-order chi connectivity index (χ1) is 16.4. The van der Waals surface area contributed by atoms with Crippen LogP contribution >= 0.6 is 11.8 Å². The van der Waals surface area contributed by atoms with Gasteiger partial charge in [-0.3, -0.25) is 0 Å². The zero-order valence-corrected chi connectivity index (χ0v) is 22.1. The van der Waals surface area contributed by atoms with Crippen molar-refractivity contribution in [3.05, 3.63) is 91.0 Å². The smallest absolute Gasteiger partial charge is 0.261 e. The Morgan fingerprint density at radius 3 is 1.91 bits per heavy atom. The Hall–Kier alpha value is -2.74. The van der Waals surface area contributed by atoms with E-state index in [2.05, 4.69) is 104 Å². The minimum atomic E-state index is -2.55. The summed E-state index contributed by atoms with van der Waals surface area (Å²) in [7, 11) is -2.55. The highest BCUT2D eigenvalue weighted by Crippen LogP contribution is 2.38. The lowest BCUT2D eigenvalue weighted by Crippen LogP contribution is -2.67. The third-order valence-corrected chi connectivity index (χ3v) is 12.1. The van der Waals surface area contributed by atoms with E-state index in [9.17, 15) is 0 Å². The molecule has 0 unspecified atom stereocenters. The third-order valence-electron chi connectivity index (χ3n) is 5.99. The van der Waals surface area contributed by atoms with Crippen molar-refractivity contribution in [2.24, 2.45) is 0 Å². The van der Waals surface area contributed by atoms with E-state index in [-0.39, 0.29) is 11.1 Å². The predicted octanol–water partition coefficient (Wildman–Crippen LogP) is 5.11. The molecule has 0 aliphatic carbocycles. The van der Waals surface area contributed by atoms with Gasteiger partial charge in [0.15, 0.2) is 0 Å². The van der Waals surface area contributed by atoms with Crippen LogP contribution in [0.15, 0.2) is 96.2 Å². The SMILES string of the molecule is C[C@H](CCSc1nnnn1-c1ccccc1)O[Si](c1ccccc1)(c1ccccc1)C(C)(C)C. The van der Waals surface area contributed by atoms with Gasteiger partial charge in [-0.25, -0.2) is 0 Å². The van der Waals surface area contributed by atoms with E-state index >= 15 is 0 Å². The lowest BCUT2D eigenvalue weighted by molar-refractivity contribution is 0.203. The van der Waals surface area contributed by atoms with Crippen LogP contribution in [0.2, 0.25) is 5.04 Å². The first-order valence-electron chi connectivity index (χ1n) is 11.7. The number of aromatic nitrogens is 4. The zero-order valence-electron chi connectivity index (χ0n) is 20.3. The molecule has 0 fully saturated rings. The van der Waals surface area contributed by atoms with Crippen molar-refractivity contribution in [1.82, 2.24) is 20.2 Å². The Bertz CT molecular complexity index is 1120. The quantitative estimate of drug-likeness (QED) is 0.242. The van der Waals surface area contributed by atoms with Crippen LogP contribution in [0.25, 0.3) is 5.69 Å². The Kier molecular flexibility index (Phi) is 7.66. The second-order valence-corrected chi connectivity index (χ2v) is 14.8. The van der Waals surface area contributed by atoms with Crippen molar-refractivity contribution < 1.29 is 4.43 Å². The fourth-order valence-corrected chi connectivity index (χ4v) is 10.1. The minimum Gasteiger partial charge on any atom is -0.405 e. The molecule has 4 aromatic rings. The zero-order chi connectivity index (χ0) is 24.0. The molecule has 0 spiro atoms. The number of benzene rings is 3. The number of hydrogen-bond acceptors (Lipinski definition) is 5. The first kappa shape index (κ1) is 24.4. The number of hydrogen-bond donors (Lipinski definition) is 0. The molecule has 1 aromatic heterocycles. The lowest BCUT2D eigenvalue weighted by Gasteiger charge is -2.44. The van der Waals surface area contributed by atoms with Crippen LogP contribution in [0.1, 0.15) is 34.1 Å². The maximum atomic E-state index is 7.18. The van der Waals surface area contributed by atoms with Gasteiger partial charge >= 0.3 is 0 Å². The molecule has 0 N–H and O–H groups in total. The number of nitrogens with zero attached hydrogens (tertiary/aromatic N) is 4. The number of rotatable bonds is 9. The summed E-state index contributed by atoms with van der Waals surface area (Å²) in [5, 5.41) is 15.7. The molecule has 34 heavy (non-hydrogen) atoms. The minimum absolute atomic E-state index is 0.0332. The standard InChI is InChI=1S/C27H32N4OSSi/c1-22(20-21-33-26-28-29-30-31(26)23-14-8-5-9-15-23)32-34(27(2,3)4,24-16-10-6-11-17-24)25-18-12-7-13-19-25/h5-19,22H,20-21H2,1-4H3/t22-/m1/s1. The van der Waals surface area contributed by atoms with Crippen molar-refractivity contribution in [2.45, 2.75) is 50.4 Å². The molecule has 0 aliphatic heterocycles. The van der Waals surface area contributed by atoms with Gasteiger partial charge in [-0.05, 0) is 51.3 Å². The van der Waals surface area contributed by atoms with Crippen molar-refractivity contribution >= 4 is 30.5 Å². The van der Waals surface area contributed by atoms with Crippen molar-refractivity contribution in [2.75, 3.05) is 5.75 Å². The van der Waals surface area contributed by atoms with Crippen molar-refractivity contribution in [3.8, 4) is 5.69 Å². The van der Waals surface area contributed by atoms with Crippen molar-refractivity contribution in [1.29, 1.82) is 0 Å². The molecule has 0 amide bonds. The fraction of sp³-hybridized carbons (Fsp3) is 0.296. The van der Waals surface area contributed by atoms with E-state index in [1.54, 1.807) is 16.4 Å². The summed E-state index contributed by atoms with van der Waals surface area (Å²) in [6.45, 7) is 9.14. The number of tetrazole rings is 1. The second-order valence-electron chi connectivity index (χ2n) is 9.44. The summed E-state index contributed by atoms with van der Waals surface area (Å²) in [6.07, 6.45) is 0.983. The molecular formula is C27H32N4OSSi. The first-order valence-corrected chi connectivity index (χ1v) is 14.6. The van der Waals surface area contributed by atoms with Gasteiger partial charge in [0.2, 0.25) is 5.16 Å². The fourth-order valence-electron chi connectivity index (χ4n) is 4.37. The molecule has 4 rings (SSSR count). The van der Waals surface area contributed by atoms with Crippen LogP contribution in [0, 0.1) is 0 Å². The summed E-state index contributed by atoms with van der Waals surface area (Å²) in [5.41, 5.74) is 0.964. The maximum absolute atomic E-state index is 7.18.